The summed E-state index contributed by atoms with van der Waals surface area (Å²) in [4.78, 5) is 30.3. The Morgan fingerprint density at radius 3 is 2.51 bits per heavy atom. The van der Waals surface area contributed by atoms with Crippen molar-refractivity contribution in [2.24, 2.45) is 0 Å². The van der Waals surface area contributed by atoms with Crippen LogP contribution in [0.3, 0.4) is 0 Å². The van der Waals surface area contributed by atoms with Crippen LogP contribution < -0.4 is 10.7 Å². The Bertz CT molecular complexity index is 1410. The first-order valence-corrected chi connectivity index (χ1v) is 11.4. The molecule has 0 spiro atoms. The van der Waals surface area contributed by atoms with Gasteiger partial charge in [0.15, 0.2) is 5.69 Å². The molecular weight excluding hydrogens is 477 g/mol. The van der Waals surface area contributed by atoms with Crippen molar-refractivity contribution in [2.75, 3.05) is 5.32 Å². The van der Waals surface area contributed by atoms with Gasteiger partial charge in [0.2, 0.25) is 5.43 Å². The number of carbonyl (C=O) groups excluding carboxylic acids is 1. The number of pyridine rings is 1. The molecule has 178 valence electrons. The first-order chi connectivity index (χ1) is 16.7. The van der Waals surface area contributed by atoms with E-state index in [0.29, 0.717) is 11.4 Å². The van der Waals surface area contributed by atoms with Crippen LogP contribution in [0, 0.1) is 6.92 Å². The summed E-state index contributed by atoms with van der Waals surface area (Å²) in [5.41, 5.74) is -0.00923. The number of alkyl halides is 3. The molecule has 10 heteroatoms. The molecule has 1 amide bonds. The van der Waals surface area contributed by atoms with E-state index in [9.17, 15) is 22.8 Å². The number of thioether (sulfide) groups is 1. The molecule has 0 saturated heterocycles. The quantitative estimate of drug-likeness (QED) is 0.357. The summed E-state index contributed by atoms with van der Waals surface area (Å²) in [7, 11) is 0. The van der Waals surface area contributed by atoms with Crippen LogP contribution in [0.25, 0.3) is 5.69 Å². The van der Waals surface area contributed by atoms with Gasteiger partial charge in [-0.05, 0) is 61.0 Å². The Morgan fingerprint density at radius 1 is 1.06 bits per heavy atom. The third-order valence-electron chi connectivity index (χ3n) is 4.98. The van der Waals surface area contributed by atoms with Gasteiger partial charge >= 0.3 is 6.18 Å². The predicted octanol–water partition coefficient (Wildman–Crippen LogP) is 5.50. The largest absolute Gasteiger partial charge is 0.416 e. The highest BCUT2D eigenvalue weighted by Gasteiger charge is 2.30. The van der Waals surface area contributed by atoms with Crippen molar-refractivity contribution in [3.8, 4) is 5.69 Å². The smallest absolute Gasteiger partial charge is 0.320 e. The molecule has 4 aromatic rings. The molecule has 0 unspecified atom stereocenters. The normalized spacial score (nSPS) is 11.3. The van der Waals surface area contributed by atoms with Crippen molar-refractivity contribution < 1.29 is 18.0 Å². The lowest BCUT2D eigenvalue weighted by molar-refractivity contribution is -0.137. The molecule has 0 atom stereocenters. The fourth-order valence-electron chi connectivity index (χ4n) is 3.25. The summed E-state index contributed by atoms with van der Waals surface area (Å²) in [6.45, 7) is 1.53. The van der Waals surface area contributed by atoms with Gasteiger partial charge in [-0.3, -0.25) is 14.6 Å². The van der Waals surface area contributed by atoms with Crippen molar-refractivity contribution >= 4 is 23.4 Å². The topological polar surface area (TPSA) is 76.9 Å². The van der Waals surface area contributed by atoms with E-state index in [4.69, 9.17) is 0 Å². The number of hydrogen-bond acceptors (Lipinski definition) is 5. The van der Waals surface area contributed by atoms with Gasteiger partial charge in [-0.1, -0.05) is 12.1 Å². The highest BCUT2D eigenvalue weighted by atomic mass is 32.2. The summed E-state index contributed by atoms with van der Waals surface area (Å²) in [6.07, 6.45) is -1.03. The number of carbonyl (C=O) groups is 1. The van der Waals surface area contributed by atoms with E-state index in [1.165, 1.54) is 25.1 Å². The Labute approximate surface area is 202 Å². The van der Waals surface area contributed by atoms with E-state index in [1.54, 1.807) is 36.3 Å². The Balaban J connectivity index is 1.51. The molecule has 4 rings (SSSR count). The van der Waals surface area contributed by atoms with Crippen LogP contribution in [0.4, 0.5) is 18.9 Å². The molecule has 0 radical (unpaired) electrons. The molecule has 1 N–H and O–H groups in total. The second-order valence-corrected chi connectivity index (χ2v) is 8.64. The maximum Gasteiger partial charge on any atom is 0.416 e. The fourth-order valence-corrected chi connectivity index (χ4v) is 4.09. The maximum absolute atomic E-state index is 13.1. The SMILES string of the molecule is Cc1cc(=O)c(C(=O)Nc2ccc(SCc3cccnc3)cc2)nn1-c1cccc(C(F)(F)F)c1. The second kappa shape index (κ2) is 10.1. The highest BCUT2D eigenvalue weighted by molar-refractivity contribution is 7.98. The Kier molecular flexibility index (Phi) is 7.02. The maximum atomic E-state index is 13.1. The van der Waals surface area contributed by atoms with Crippen LogP contribution in [0.5, 0.6) is 0 Å². The molecule has 0 saturated carbocycles. The van der Waals surface area contributed by atoms with E-state index >= 15 is 0 Å². The van der Waals surface area contributed by atoms with E-state index in [-0.39, 0.29) is 5.69 Å². The van der Waals surface area contributed by atoms with E-state index in [2.05, 4.69) is 15.4 Å². The van der Waals surface area contributed by atoms with Gasteiger partial charge in [-0.15, -0.1) is 11.8 Å². The van der Waals surface area contributed by atoms with Crippen molar-refractivity contribution in [2.45, 2.75) is 23.7 Å². The molecule has 0 aliphatic rings. The van der Waals surface area contributed by atoms with E-state index < -0.39 is 28.8 Å². The van der Waals surface area contributed by atoms with E-state index in [1.807, 2.05) is 24.3 Å². The first kappa shape index (κ1) is 24.2. The molecule has 2 aromatic heterocycles. The zero-order chi connectivity index (χ0) is 25.0. The number of nitrogens with one attached hydrogen (secondary N) is 1. The third-order valence-corrected chi connectivity index (χ3v) is 6.06. The molecule has 2 heterocycles. The van der Waals surface area contributed by atoms with Gasteiger partial charge in [-0.25, -0.2) is 4.68 Å². The molecule has 0 fully saturated rings. The van der Waals surface area contributed by atoms with Gasteiger partial charge in [-0.2, -0.15) is 18.3 Å². The van der Waals surface area contributed by atoms with Crippen LogP contribution in [0.15, 0.2) is 88.8 Å². The number of aryl methyl sites for hydroxylation is 1. The molecule has 6 nitrogen and oxygen atoms in total. The lowest BCUT2D eigenvalue weighted by atomic mass is 10.2. The number of rotatable bonds is 6. The van der Waals surface area contributed by atoms with E-state index in [0.717, 1.165) is 33.0 Å². The van der Waals surface area contributed by atoms with Gasteiger partial charge < -0.3 is 5.32 Å². The lowest BCUT2D eigenvalue weighted by Crippen LogP contribution is -2.27. The third kappa shape index (κ3) is 5.96. The number of halogens is 3. The zero-order valence-electron chi connectivity index (χ0n) is 18.4. The van der Waals surface area contributed by atoms with Crippen LogP contribution in [-0.4, -0.2) is 20.7 Å². The van der Waals surface area contributed by atoms with Gasteiger partial charge in [0.25, 0.3) is 5.91 Å². The van der Waals surface area contributed by atoms with Crippen LogP contribution in [0.1, 0.15) is 27.3 Å². The van der Waals surface area contributed by atoms with Gasteiger partial charge in [0, 0.05) is 40.5 Å². The Morgan fingerprint density at radius 2 is 1.83 bits per heavy atom. The van der Waals surface area contributed by atoms with Crippen LogP contribution in [-0.2, 0) is 11.9 Å². The first-order valence-electron chi connectivity index (χ1n) is 10.4. The summed E-state index contributed by atoms with van der Waals surface area (Å²) < 4.78 is 40.5. The molecule has 0 aliphatic carbocycles. The average molecular weight is 497 g/mol. The molecular formula is C25H19F3N4O2S. The standard InChI is InChI=1S/C25H19F3N4O2S/c1-16-12-22(33)23(31-32(16)20-6-2-5-18(13-20)25(26,27)28)24(34)30-19-7-9-21(10-8-19)35-15-17-4-3-11-29-14-17/h2-14H,15H2,1H3,(H,30,34). The minimum absolute atomic E-state index is 0.0846. The minimum atomic E-state index is -4.54. The van der Waals surface area contributed by atoms with Crippen LogP contribution >= 0.6 is 11.8 Å². The number of aromatic nitrogens is 3. The number of nitrogens with zero attached hydrogens (tertiary/aromatic N) is 3. The average Bonchev–Trinajstić information content (AvgIpc) is 2.84. The number of anilines is 1. The van der Waals surface area contributed by atoms with Gasteiger partial charge in [0.05, 0.1) is 11.3 Å². The molecule has 2 aromatic carbocycles. The Hall–Kier alpha value is -3.92. The summed E-state index contributed by atoms with van der Waals surface area (Å²) in [6, 6.07) is 16.6. The zero-order valence-corrected chi connectivity index (χ0v) is 19.2. The predicted molar refractivity (Wildman–Crippen MR) is 128 cm³/mol. The molecule has 35 heavy (non-hydrogen) atoms. The number of benzene rings is 2. The minimum Gasteiger partial charge on any atom is -0.320 e. The monoisotopic (exact) mass is 496 g/mol. The fraction of sp³-hybridized carbons (Fsp3) is 0.120. The van der Waals surface area contributed by atoms with Crippen molar-refractivity contribution in [1.29, 1.82) is 0 Å². The summed E-state index contributed by atoms with van der Waals surface area (Å²) in [5.74, 6) is -0.0199. The van der Waals surface area contributed by atoms with Crippen LogP contribution in [0.2, 0.25) is 0 Å². The summed E-state index contributed by atoms with van der Waals surface area (Å²) >= 11 is 1.61. The van der Waals surface area contributed by atoms with Crippen molar-refractivity contribution in [3.05, 3.63) is 112 Å². The number of hydrogen-bond donors (Lipinski definition) is 1. The lowest BCUT2D eigenvalue weighted by Gasteiger charge is -2.13. The van der Waals surface area contributed by atoms with Crippen molar-refractivity contribution in [3.63, 3.8) is 0 Å². The molecule has 0 aliphatic heterocycles. The number of amides is 1. The molecule has 0 bridgehead atoms. The van der Waals surface area contributed by atoms with Gasteiger partial charge in [0.1, 0.15) is 0 Å². The van der Waals surface area contributed by atoms with Crippen molar-refractivity contribution in [1.82, 2.24) is 14.8 Å². The second-order valence-electron chi connectivity index (χ2n) is 7.59. The summed E-state index contributed by atoms with van der Waals surface area (Å²) in [5, 5.41) is 6.68. The highest BCUT2D eigenvalue weighted by Crippen LogP contribution is 2.30.